The summed E-state index contributed by atoms with van der Waals surface area (Å²) in [5.41, 5.74) is -0.236. The van der Waals surface area contributed by atoms with E-state index in [0.717, 1.165) is 31.7 Å². The molecule has 2 atom stereocenters. The first kappa shape index (κ1) is 13.5. The lowest BCUT2D eigenvalue weighted by Gasteiger charge is -2.28. The Morgan fingerprint density at radius 2 is 2.00 bits per heavy atom. The molecule has 1 N–H and O–H groups in total. The van der Waals surface area contributed by atoms with Crippen LogP contribution in [0.25, 0.3) is 0 Å². The molecule has 1 aromatic rings. The highest BCUT2D eigenvalue weighted by Crippen LogP contribution is 2.25. The number of nitrogens with one attached hydrogen (secondary N) is 1. The van der Waals surface area contributed by atoms with E-state index in [0.29, 0.717) is 0 Å². The van der Waals surface area contributed by atoms with Crippen LogP contribution in [0.2, 0.25) is 0 Å². The van der Waals surface area contributed by atoms with Crippen molar-refractivity contribution in [2.45, 2.75) is 36.6 Å². The van der Waals surface area contributed by atoms with Gasteiger partial charge in [0, 0.05) is 10.9 Å². The van der Waals surface area contributed by atoms with E-state index in [1.54, 1.807) is 0 Å². The zero-order valence-electron chi connectivity index (χ0n) is 9.76. The van der Waals surface area contributed by atoms with Gasteiger partial charge in [-0.05, 0) is 25.0 Å². The van der Waals surface area contributed by atoms with Crippen LogP contribution in [-0.4, -0.2) is 16.8 Å². The molecule has 2 unspecified atom stereocenters. The second-order valence-electron chi connectivity index (χ2n) is 4.48. The van der Waals surface area contributed by atoms with Gasteiger partial charge in [-0.25, -0.2) is 8.78 Å². The Hall–Kier alpha value is -0.970. The van der Waals surface area contributed by atoms with E-state index in [2.05, 4.69) is 21.2 Å². The Morgan fingerprint density at radius 1 is 1.28 bits per heavy atom. The van der Waals surface area contributed by atoms with Crippen LogP contribution in [0.15, 0.2) is 18.2 Å². The highest BCUT2D eigenvalue weighted by molar-refractivity contribution is 9.09. The zero-order chi connectivity index (χ0) is 13.1. The highest BCUT2D eigenvalue weighted by atomic mass is 79.9. The third-order valence-electron chi connectivity index (χ3n) is 3.19. The topological polar surface area (TPSA) is 29.1 Å². The molecule has 0 heterocycles. The van der Waals surface area contributed by atoms with Gasteiger partial charge in [0.15, 0.2) is 11.6 Å². The summed E-state index contributed by atoms with van der Waals surface area (Å²) in [7, 11) is 0. The number of amides is 1. The van der Waals surface area contributed by atoms with E-state index >= 15 is 0 Å². The maximum absolute atomic E-state index is 13.5. The van der Waals surface area contributed by atoms with E-state index in [4.69, 9.17) is 0 Å². The standard InChI is InChI=1S/C13H14BrF2NO/c14-9-5-1-2-7-11(9)17-13(18)8-4-3-6-10(15)12(8)16/h3-4,6,9,11H,1-2,5,7H2,(H,17,18). The molecule has 98 valence electrons. The quantitative estimate of drug-likeness (QED) is 0.832. The molecule has 1 amide bonds. The summed E-state index contributed by atoms with van der Waals surface area (Å²) in [6.45, 7) is 0. The van der Waals surface area contributed by atoms with Gasteiger partial charge in [-0.1, -0.05) is 34.8 Å². The molecular formula is C13H14BrF2NO. The minimum Gasteiger partial charge on any atom is -0.348 e. The van der Waals surface area contributed by atoms with Crippen LogP contribution in [0.5, 0.6) is 0 Å². The summed E-state index contributed by atoms with van der Waals surface area (Å²) in [5.74, 6) is -2.64. The van der Waals surface area contributed by atoms with E-state index in [-0.39, 0.29) is 16.4 Å². The second-order valence-corrected chi connectivity index (χ2v) is 5.66. The molecule has 0 bridgehead atoms. The van der Waals surface area contributed by atoms with Crippen molar-refractivity contribution in [3.8, 4) is 0 Å². The predicted molar refractivity (Wildman–Crippen MR) is 68.8 cm³/mol. The molecule has 0 spiro atoms. The van der Waals surface area contributed by atoms with Crippen LogP contribution in [0, 0.1) is 11.6 Å². The van der Waals surface area contributed by atoms with Crippen LogP contribution in [0.3, 0.4) is 0 Å². The molecule has 1 aliphatic rings. The van der Waals surface area contributed by atoms with E-state index < -0.39 is 17.5 Å². The third-order valence-corrected chi connectivity index (χ3v) is 4.29. The van der Waals surface area contributed by atoms with E-state index in [9.17, 15) is 13.6 Å². The molecule has 0 aromatic heterocycles. The summed E-state index contributed by atoms with van der Waals surface area (Å²) in [4.78, 5) is 12.1. The molecule has 5 heteroatoms. The lowest BCUT2D eigenvalue weighted by Crippen LogP contribution is -2.42. The fourth-order valence-corrected chi connectivity index (χ4v) is 2.89. The number of benzene rings is 1. The first-order valence-electron chi connectivity index (χ1n) is 5.98. The number of alkyl halides is 1. The van der Waals surface area contributed by atoms with Crippen molar-refractivity contribution < 1.29 is 13.6 Å². The molecule has 0 aliphatic heterocycles. The zero-order valence-corrected chi connectivity index (χ0v) is 11.3. The van der Waals surface area contributed by atoms with Gasteiger partial charge >= 0.3 is 0 Å². The monoisotopic (exact) mass is 317 g/mol. The maximum atomic E-state index is 13.5. The third kappa shape index (κ3) is 2.88. The van der Waals surface area contributed by atoms with Gasteiger partial charge in [-0.2, -0.15) is 0 Å². The van der Waals surface area contributed by atoms with Crippen molar-refractivity contribution in [1.82, 2.24) is 5.32 Å². The summed E-state index contributed by atoms with van der Waals surface area (Å²) in [6, 6.07) is 3.61. The highest BCUT2D eigenvalue weighted by Gasteiger charge is 2.25. The molecule has 2 rings (SSSR count). The molecule has 1 saturated carbocycles. The van der Waals surface area contributed by atoms with Crippen LogP contribution >= 0.6 is 15.9 Å². The second kappa shape index (κ2) is 5.78. The molecule has 18 heavy (non-hydrogen) atoms. The van der Waals surface area contributed by atoms with Crippen LogP contribution < -0.4 is 5.32 Å². The SMILES string of the molecule is O=C(NC1CCCCC1Br)c1cccc(F)c1F. The summed E-state index contributed by atoms with van der Waals surface area (Å²) in [5, 5.41) is 2.76. The smallest absolute Gasteiger partial charge is 0.254 e. The van der Waals surface area contributed by atoms with Crippen molar-refractivity contribution >= 4 is 21.8 Å². The normalized spacial score (nSPS) is 23.7. The molecule has 1 aliphatic carbocycles. The maximum Gasteiger partial charge on any atom is 0.254 e. The number of halogens is 3. The Morgan fingerprint density at radius 3 is 2.72 bits per heavy atom. The van der Waals surface area contributed by atoms with Crippen LogP contribution in [0.1, 0.15) is 36.0 Å². The molecule has 2 nitrogen and oxygen atoms in total. The molecule has 1 aromatic carbocycles. The number of carbonyl (C=O) groups excluding carboxylic acids is 1. The fourth-order valence-electron chi connectivity index (χ4n) is 2.17. The van der Waals surface area contributed by atoms with Crippen molar-refractivity contribution in [3.63, 3.8) is 0 Å². The Kier molecular flexibility index (Phi) is 4.32. The van der Waals surface area contributed by atoms with Crippen LogP contribution in [0.4, 0.5) is 8.78 Å². The lowest BCUT2D eigenvalue weighted by molar-refractivity contribution is 0.0924. The van der Waals surface area contributed by atoms with Gasteiger partial charge in [-0.15, -0.1) is 0 Å². The van der Waals surface area contributed by atoms with Gasteiger partial charge in [0.2, 0.25) is 0 Å². The minimum atomic E-state index is -1.09. The summed E-state index contributed by atoms with van der Waals surface area (Å²) >= 11 is 3.51. The number of carbonyl (C=O) groups is 1. The van der Waals surface area contributed by atoms with Crippen molar-refractivity contribution in [3.05, 3.63) is 35.4 Å². The molecule has 0 radical (unpaired) electrons. The van der Waals surface area contributed by atoms with Gasteiger partial charge < -0.3 is 5.32 Å². The average molecular weight is 318 g/mol. The van der Waals surface area contributed by atoms with Gasteiger partial charge in [0.25, 0.3) is 5.91 Å². The number of rotatable bonds is 2. The number of hydrogen-bond acceptors (Lipinski definition) is 1. The lowest BCUT2D eigenvalue weighted by atomic mass is 9.95. The Bertz CT molecular complexity index is 453. The van der Waals surface area contributed by atoms with Crippen molar-refractivity contribution in [2.24, 2.45) is 0 Å². The predicted octanol–water partition coefficient (Wildman–Crippen LogP) is 3.40. The number of hydrogen-bond donors (Lipinski definition) is 1. The molecular weight excluding hydrogens is 304 g/mol. The van der Waals surface area contributed by atoms with Crippen LogP contribution in [-0.2, 0) is 0 Å². The largest absolute Gasteiger partial charge is 0.348 e. The fraction of sp³-hybridized carbons (Fsp3) is 0.462. The first-order valence-corrected chi connectivity index (χ1v) is 6.90. The minimum absolute atomic E-state index is 0.0195. The van der Waals surface area contributed by atoms with E-state index in [1.807, 2.05) is 0 Å². The van der Waals surface area contributed by atoms with Crippen molar-refractivity contribution in [1.29, 1.82) is 0 Å². The van der Waals surface area contributed by atoms with Crippen molar-refractivity contribution in [2.75, 3.05) is 0 Å². The Labute approximate surface area is 113 Å². The average Bonchev–Trinajstić information content (AvgIpc) is 2.35. The van der Waals surface area contributed by atoms with Gasteiger partial charge in [-0.3, -0.25) is 4.79 Å². The molecule has 0 saturated heterocycles. The van der Waals surface area contributed by atoms with Gasteiger partial charge in [0.05, 0.1) is 5.56 Å². The first-order chi connectivity index (χ1) is 8.59. The van der Waals surface area contributed by atoms with E-state index in [1.165, 1.54) is 12.1 Å². The summed E-state index contributed by atoms with van der Waals surface area (Å²) < 4.78 is 26.5. The Balaban J connectivity index is 2.09. The summed E-state index contributed by atoms with van der Waals surface area (Å²) in [6.07, 6.45) is 4.00. The van der Waals surface area contributed by atoms with Gasteiger partial charge in [0.1, 0.15) is 0 Å². The molecule has 1 fully saturated rings.